The maximum atomic E-state index is 8.81. The monoisotopic (exact) mass is 250 g/mol. The Labute approximate surface area is 92.2 Å². The molecule has 0 aliphatic heterocycles. The molecule has 14 heavy (non-hydrogen) atoms. The van der Waals surface area contributed by atoms with Gasteiger partial charge < -0.3 is 5.73 Å². The molecule has 0 aromatic heterocycles. The van der Waals surface area contributed by atoms with E-state index in [1.165, 1.54) is 0 Å². The fourth-order valence-corrected chi connectivity index (χ4v) is 1.88. The fourth-order valence-electron chi connectivity index (χ4n) is 1.23. The maximum Gasteiger partial charge on any atom is 0.100 e. The molecule has 0 heterocycles. The van der Waals surface area contributed by atoms with Crippen LogP contribution in [0.2, 0.25) is 0 Å². The van der Waals surface area contributed by atoms with Crippen LogP contribution in [-0.4, -0.2) is 0 Å². The molecule has 0 saturated carbocycles. The van der Waals surface area contributed by atoms with E-state index in [0.29, 0.717) is 12.0 Å². The van der Waals surface area contributed by atoms with Crippen LogP contribution in [0.25, 0.3) is 0 Å². The van der Waals surface area contributed by atoms with Crippen molar-refractivity contribution >= 4 is 15.9 Å². The van der Waals surface area contributed by atoms with Crippen LogP contribution in [0.1, 0.15) is 23.6 Å². The molecule has 1 aromatic rings. The summed E-state index contributed by atoms with van der Waals surface area (Å²) in [6.45, 7) is 3.64. The third-order valence-corrected chi connectivity index (χ3v) is 2.85. The molecule has 2 N–H and O–H groups in total. The van der Waals surface area contributed by atoms with Crippen molar-refractivity contribution in [3.63, 3.8) is 0 Å². The first-order chi connectivity index (χ1) is 6.70. The van der Waals surface area contributed by atoms with E-state index in [1.807, 2.05) is 12.1 Å². The molecular weight excluding hydrogens is 240 g/mol. The third kappa shape index (κ3) is 2.22. The molecule has 0 bridgehead atoms. The van der Waals surface area contributed by atoms with Gasteiger partial charge in [-0.25, -0.2) is 0 Å². The Morgan fingerprint density at radius 1 is 1.64 bits per heavy atom. The van der Waals surface area contributed by atoms with Crippen LogP contribution in [0.3, 0.4) is 0 Å². The lowest BCUT2D eigenvalue weighted by Crippen LogP contribution is -2.10. The Kier molecular flexibility index (Phi) is 3.87. The van der Waals surface area contributed by atoms with Crippen molar-refractivity contribution in [2.75, 3.05) is 0 Å². The second-order valence-corrected chi connectivity index (χ2v) is 3.74. The van der Waals surface area contributed by atoms with Crippen LogP contribution in [0.4, 0.5) is 0 Å². The largest absolute Gasteiger partial charge is 0.324 e. The van der Waals surface area contributed by atoms with Crippen LogP contribution < -0.4 is 5.73 Å². The molecule has 1 atom stereocenters. The zero-order valence-corrected chi connectivity index (χ0v) is 9.29. The number of nitriles is 1. The van der Waals surface area contributed by atoms with E-state index in [0.717, 1.165) is 10.0 Å². The van der Waals surface area contributed by atoms with E-state index in [2.05, 4.69) is 28.6 Å². The molecular formula is C11H11BrN2. The smallest absolute Gasteiger partial charge is 0.100 e. The van der Waals surface area contributed by atoms with Gasteiger partial charge in [0.25, 0.3) is 0 Å². The SMILES string of the molecule is C=CC[C@H](N)c1cccc(C#N)c1Br. The minimum absolute atomic E-state index is 0.102. The molecule has 3 heteroatoms. The van der Waals surface area contributed by atoms with Crippen molar-refractivity contribution in [3.05, 3.63) is 46.5 Å². The molecule has 72 valence electrons. The number of halogens is 1. The lowest BCUT2D eigenvalue weighted by Gasteiger charge is -2.12. The molecule has 0 aliphatic carbocycles. The first-order valence-electron chi connectivity index (χ1n) is 4.25. The van der Waals surface area contributed by atoms with Gasteiger partial charge in [-0.3, -0.25) is 0 Å². The second kappa shape index (κ2) is 4.94. The van der Waals surface area contributed by atoms with Gasteiger partial charge in [0, 0.05) is 10.5 Å². The Bertz CT molecular complexity index is 379. The van der Waals surface area contributed by atoms with Crippen molar-refractivity contribution in [2.45, 2.75) is 12.5 Å². The molecule has 0 aliphatic rings. The zero-order chi connectivity index (χ0) is 10.6. The first-order valence-corrected chi connectivity index (χ1v) is 5.05. The van der Waals surface area contributed by atoms with Crippen LogP contribution in [0, 0.1) is 11.3 Å². The number of hydrogen-bond acceptors (Lipinski definition) is 2. The van der Waals surface area contributed by atoms with Crippen molar-refractivity contribution in [1.82, 2.24) is 0 Å². The highest BCUT2D eigenvalue weighted by Crippen LogP contribution is 2.27. The second-order valence-electron chi connectivity index (χ2n) is 2.95. The lowest BCUT2D eigenvalue weighted by atomic mass is 10.0. The van der Waals surface area contributed by atoms with Gasteiger partial charge in [0.1, 0.15) is 6.07 Å². The van der Waals surface area contributed by atoms with E-state index < -0.39 is 0 Å². The number of nitrogens with zero attached hydrogens (tertiary/aromatic N) is 1. The molecule has 0 radical (unpaired) electrons. The maximum absolute atomic E-state index is 8.81. The van der Waals surface area contributed by atoms with E-state index in [9.17, 15) is 0 Å². The van der Waals surface area contributed by atoms with Crippen LogP contribution in [0.5, 0.6) is 0 Å². The zero-order valence-electron chi connectivity index (χ0n) is 7.70. The summed E-state index contributed by atoms with van der Waals surface area (Å²) < 4.78 is 0.789. The van der Waals surface area contributed by atoms with Crippen LogP contribution in [0.15, 0.2) is 35.3 Å². The molecule has 0 spiro atoms. The molecule has 0 fully saturated rings. The van der Waals surface area contributed by atoms with Gasteiger partial charge in [-0.15, -0.1) is 6.58 Å². The van der Waals surface area contributed by atoms with E-state index in [4.69, 9.17) is 11.0 Å². The van der Waals surface area contributed by atoms with Gasteiger partial charge in [0.15, 0.2) is 0 Å². The summed E-state index contributed by atoms with van der Waals surface area (Å²) in [5, 5.41) is 8.81. The Morgan fingerprint density at radius 2 is 2.36 bits per heavy atom. The molecule has 0 amide bonds. The minimum Gasteiger partial charge on any atom is -0.324 e. The Balaban J connectivity index is 3.10. The molecule has 1 aromatic carbocycles. The quantitative estimate of drug-likeness (QED) is 0.839. The molecule has 0 unspecified atom stereocenters. The van der Waals surface area contributed by atoms with Crippen molar-refractivity contribution in [2.24, 2.45) is 5.73 Å². The third-order valence-electron chi connectivity index (χ3n) is 1.97. The summed E-state index contributed by atoms with van der Waals surface area (Å²) in [7, 11) is 0. The van der Waals surface area contributed by atoms with Crippen LogP contribution in [-0.2, 0) is 0 Å². The lowest BCUT2D eigenvalue weighted by molar-refractivity contribution is 0.737. The van der Waals surface area contributed by atoms with Crippen molar-refractivity contribution < 1.29 is 0 Å². The predicted octanol–water partition coefficient (Wildman–Crippen LogP) is 2.90. The average molecular weight is 251 g/mol. The summed E-state index contributed by atoms with van der Waals surface area (Å²) in [5.74, 6) is 0. The van der Waals surface area contributed by atoms with Gasteiger partial charge in [0.2, 0.25) is 0 Å². The normalized spacial score (nSPS) is 11.8. The highest BCUT2D eigenvalue weighted by molar-refractivity contribution is 9.10. The Hall–Kier alpha value is -1.11. The highest BCUT2D eigenvalue weighted by Gasteiger charge is 2.10. The van der Waals surface area contributed by atoms with Gasteiger partial charge in [-0.05, 0) is 34.0 Å². The number of hydrogen-bond donors (Lipinski definition) is 1. The number of rotatable bonds is 3. The van der Waals surface area contributed by atoms with Crippen LogP contribution >= 0.6 is 15.9 Å². The summed E-state index contributed by atoms with van der Waals surface area (Å²) in [5.41, 5.74) is 7.48. The number of benzene rings is 1. The first kappa shape index (κ1) is 11.0. The highest BCUT2D eigenvalue weighted by atomic mass is 79.9. The van der Waals surface area contributed by atoms with Gasteiger partial charge in [-0.2, -0.15) is 5.26 Å². The van der Waals surface area contributed by atoms with E-state index in [-0.39, 0.29) is 6.04 Å². The van der Waals surface area contributed by atoms with Gasteiger partial charge in [0.05, 0.1) is 5.56 Å². The van der Waals surface area contributed by atoms with Gasteiger partial charge in [-0.1, -0.05) is 18.2 Å². The molecule has 0 saturated heterocycles. The summed E-state index contributed by atoms with van der Waals surface area (Å²) in [6.07, 6.45) is 2.48. The summed E-state index contributed by atoms with van der Waals surface area (Å²) in [6, 6.07) is 7.51. The van der Waals surface area contributed by atoms with E-state index in [1.54, 1.807) is 12.1 Å². The van der Waals surface area contributed by atoms with Gasteiger partial charge >= 0.3 is 0 Å². The predicted molar refractivity (Wildman–Crippen MR) is 60.6 cm³/mol. The average Bonchev–Trinajstić information content (AvgIpc) is 2.18. The molecule has 2 nitrogen and oxygen atoms in total. The number of nitrogens with two attached hydrogens (primary N) is 1. The standard InChI is InChI=1S/C11H11BrN2/c1-2-4-10(14)9-6-3-5-8(7-13)11(9)12/h2-3,5-6,10H,1,4,14H2/t10-/m0/s1. The summed E-state index contributed by atoms with van der Waals surface area (Å²) in [4.78, 5) is 0. The fraction of sp³-hybridized carbons (Fsp3) is 0.182. The molecule has 1 rings (SSSR count). The minimum atomic E-state index is -0.102. The van der Waals surface area contributed by atoms with Crippen molar-refractivity contribution in [3.8, 4) is 6.07 Å². The Morgan fingerprint density at radius 3 is 2.93 bits per heavy atom. The topological polar surface area (TPSA) is 49.8 Å². The van der Waals surface area contributed by atoms with Crippen molar-refractivity contribution in [1.29, 1.82) is 5.26 Å². The van der Waals surface area contributed by atoms with E-state index >= 15 is 0 Å². The summed E-state index contributed by atoms with van der Waals surface area (Å²) >= 11 is 3.38.